The zero-order chi connectivity index (χ0) is 17.9. The van der Waals surface area contributed by atoms with E-state index in [1.165, 1.54) is 45.2 Å². The Kier molecular flexibility index (Phi) is 5.20. The van der Waals surface area contributed by atoms with Gasteiger partial charge in [0.25, 0.3) is 0 Å². The van der Waals surface area contributed by atoms with Crippen molar-refractivity contribution in [3.05, 3.63) is 23.8 Å². The number of hydrogen-bond acceptors (Lipinski definition) is 4. The Morgan fingerprint density at radius 2 is 2.04 bits per heavy atom. The molecule has 1 N–H and O–H groups in total. The van der Waals surface area contributed by atoms with E-state index in [0.717, 1.165) is 23.6 Å². The summed E-state index contributed by atoms with van der Waals surface area (Å²) in [7, 11) is 1.91. The van der Waals surface area contributed by atoms with Crippen LogP contribution in [0.5, 0.6) is 11.5 Å². The highest BCUT2D eigenvalue weighted by Gasteiger charge is 2.34. The summed E-state index contributed by atoms with van der Waals surface area (Å²) in [4.78, 5) is 17.0. The molecule has 0 aliphatic carbocycles. The second kappa shape index (κ2) is 7.74. The molecule has 142 valence electrons. The summed E-state index contributed by atoms with van der Waals surface area (Å²) in [6.45, 7) is 4.09. The van der Waals surface area contributed by atoms with Crippen LogP contribution < -0.4 is 14.8 Å². The van der Waals surface area contributed by atoms with Crippen LogP contribution in [0, 0.1) is 5.92 Å². The molecule has 2 fully saturated rings. The van der Waals surface area contributed by atoms with Crippen molar-refractivity contribution in [3.8, 4) is 11.5 Å². The third-order valence-electron chi connectivity index (χ3n) is 5.96. The van der Waals surface area contributed by atoms with Crippen molar-refractivity contribution < 1.29 is 14.3 Å². The van der Waals surface area contributed by atoms with Crippen molar-refractivity contribution in [2.45, 2.75) is 44.7 Å². The minimum Gasteiger partial charge on any atom is -0.454 e. The first-order valence-corrected chi connectivity index (χ1v) is 9.82. The maximum atomic E-state index is 12.5. The molecule has 0 unspecified atom stereocenters. The van der Waals surface area contributed by atoms with Crippen LogP contribution in [-0.2, 0) is 6.54 Å². The molecule has 3 aliphatic heterocycles. The number of ether oxygens (including phenoxy) is 2. The zero-order valence-electron chi connectivity index (χ0n) is 15.6. The zero-order valence-corrected chi connectivity index (χ0v) is 15.6. The van der Waals surface area contributed by atoms with Gasteiger partial charge in [-0.3, -0.25) is 0 Å². The van der Waals surface area contributed by atoms with Crippen molar-refractivity contribution in [2.24, 2.45) is 5.92 Å². The molecule has 6 nitrogen and oxygen atoms in total. The third-order valence-corrected chi connectivity index (χ3v) is 5.96. The van der Waals surface area contributed by atoms with E-state index in [1.807, 2.05) is 30.1 Å². The lowest BCUT2D eigenvalue weighted by Gasteiger charge is -2.45. The fourth-order valence-electron chi connectivity index (χ4n) is 4.59. The van der Waals surface area contributed by atoms with E-state index in [9.17, 15) is 4.79 Å². The van der Waals surface area contributed by atoms with Gasteiger partial charge in [-0.05, 0) is 62.4 Å². The Labute approximate surface area is 155 Å². The normalized spacial score (nSPS) is 24.8. The first kappa shape index (κ1) is 17.5. The quantitative estimate of drug-likeness (QED) is 0.898. The second-order valence-electron chi connectivity index (χ2n) is 7.73. The number of carbonyl (C=O) groups is 1. The number of nitrogens with zero attached hydrogens (tertiary/aromatic N) is 2. The lowest BCUT2D eigenvalue weighted by Crippen LogP contribution is -2.52. The van der Waals surface area contributed by atoms with Crippen LogP contribution in [0.1, 0.15) is 37.7 Å². The molecule has 2 atom stereocenters. The van der Waals surface area contributed by atoms with Gasteiger partial charge >= 0.3 is 6.03 Å². The smallest absolute Gasteiger partial charge is 0.317 e. The fourth-order valence-corrected chi connectivity index (χ4v) is 4.59. The maximum absolute atomic E-state index is 12.5. The molecule has 1 aromatic rings. The summed E-state index contributed by atoms with van der Waals surface area (Å²) < 4.78 is 10.7. The minimum atomic E-state index is -0.00407. The molecule has 26 heavy (non-hydrogen) atoms. The molecule has 2 amide bonds. The van der Waals surface area contributed by atoms with Gasteiger partial charge in [-0.1, -0.05) is 12.5 Å². The fraction of sp³-hybridized carbons (Fsp3) is 0.650. The van der Waals surface area contributed by atoms with Crippen LogP contribution in [0.3, 0.4) is 0 Å². The molecule has 6 heteroatoms. The molecule has 0 saturated carbocycles. The number of urea groups is 1. The lowest BCUT2D eigenvalue weighted by atomic mass is 9.83. The van der Waals surface area contributed by atoms with Gasteiger partial charge in [0.1, 0.15) is 0 Å². The van der Waals surface area contributed by atoms with Crippen LogP contribution in [0.15, 0.2) is 18.2 Å². The van der Waals surface area contributed by atoms with Gasteiger partial charge in [0.2, 0.25) is 6.79 Å². The molecule has 2 saturated heterocycles. The van der Waals surface area contributed by atoms with Crippen molar-refractivity contribution in [1.29, 1.82) is 0 Å². The predicted molar refractivity (Wildman–Crippen MR) is 99.4 cm³/mol. The molecule has 0 bridgehead atoms. The summed E-state index contributed by atoms with van der Waals surface area (Å²) in [6, 6.07) is 6.46. The Balaban J connectivity index is 1.29. The predicted octanol–water partition coefficient (Wildman–Crippen LogP) is 2.82. The molecule has 0 radical (unpaired) electrons. The summed E-state index contributed by atoms with van der Waals surface area (Å²) >= 11 is 0. The van der Waals surface area contributed by atoms with E-state index in [2.05, 4.69) is 10.2 Å². The number of hydrogen-bond donors (Lipinski definition) is 1. The Hall–Kier alpha value is -1.95. The molecule has 3 heterocycles. The number of fused-ring (bicyclic) bond motifs is 2. The number of carbonyl (C=O) groups excluding carboxylic acids is 1. The standard InChI is InChI=1S/C20H29N3O3/c1-22(13-16-5-4-10-23-9-3-2-6-17(16)23)20(24)21-12-15-7-8-18-19(11-15)26-14-25-18/h7-8,11,16-17H,2-6,9-10,12-14H2,1H3,(H,21,24)/t16-,17+/m0/s1. The monoisotopic (exact) mass is 359 g/mol. The van der Waals surface area contributed by atoms with Gasteiger partial charge in [0.15, 0.2) is 11.5 Å². The topological polar surface area (TPSA) is 54.0 Å². The van der Waals surface area contributed by atoms with Gasteiger partial charge < -0.3 is 24.6 Å². The molecular weight excluding hydrogens is 330 g/mol. The highest BCUT2D eigenvalue weighted by molar-refractivity contribution is 5.73. The average Bonchev–Trinajstić information content (AvgIpc) is 3.14. The van der Waals surface area contributed by atoms with Crippen LogP contribution in [-0.4, -0.2) is 55.3 Å². The summed E-state index contributed by atoms with van der Waals surface area (Å²) in [5.41, 5.74) is 1.02. The van der Waals surface area contributed by atoms with E-state index in [-0.39, 0.29) is 12.8 Å². The average molecular weight is 359 g/mol. The minimum absolute atomic E-state index is 0.00407. The first-order chi connectivity index (χ1) is 12.7. The third kappa shape index (κ3) is 3.75. The van der Waals surface area contributed by atoms with Crippen molar-refractivity contribution in [1.82, 2.24) is 15.1 Å². The van der Waals surface area contributed by atoms with Crippen molar-refractivity contribution >= 4 is 6.03 Å². The van der Waals surface area contributed by atoms with E-state index in [0.29, 0.717) is 18.5 Å². The number of amides is 2. The first-order valence-electron chi connectivity index (χ1n) is 9.82. The largest absolute Gasteiger partial charge is 0.454 e. The van der Waals surface area contributed by atoms with Gasteiger partial charge in [-0.15, -0.1) is 0 Å². The Morgan fingerprint density at radius 3 is 2.96 bits per heavy atom. The van der Waals surface area contributed by atoms with Crippen LogP contribution in [0.4, 0.5) is 4.79 Å². The number of piperidine rings is 2. The van der Waals surface area contributed by atoms with Crippen LogP contribution in [0.25, 0.3) is 0 Å². The highest BCUT2D eigenvalue weighted by atomic mass is 16.7. The van der Waals surface area contributed by atoms with E-state index in [1.54, 1.807) is 0 Å². The highest BCUT2D eigenvalue weighted by Crippen LogP contribution is 2.33. The van der Waals surface area contributed by atoms with E-state index < -0.39 is 0 Å². The molecular formula is C20H29N3O3. The molecule has 0 aromatic heterocycles. The van der Waals surface area contributed by atoms with Gasteiger partial charge in [0, 0.05) is 26.2 Å². The van der Waals surface area contributed by atoms with Gasteiger partial charge in [-0.25, -0.2) is 4.79 Å². The number of benzene rings is 1. The van der Waals surface area contributed by atoms with Crippen LogP contribution >= 0.6 is 0 Å². The summed E-state index contributed by atoms with van der Waals surface area (Å²) in [5.74, 6) is 2.13. The summed E-state index contributed by atoms with van der Waals surface area (Å²) in [5, 5.41) is 3.03. The van der Waals surface area contributed by atoms with Gasteiger partial charge in [0.05, 0.1) is 0 Å². The van der Waals surface area contributed by atoms with Crippen molar-refractivity contribution in [3.63, 3.8) is 0 Å². The van der Waals surface area contributed by atoms with Gasteiger partial charge in [-0.2, -0.15) is 0 Å². The number of rotatable bonds is 4. The molecule has 1 aromatic carbocycles. The maximum Gasteiger partial charge on any atom is 0.317 e. The van der Waals surface area contributed by atoms with E-state index >= 15 is 0 Å². The molecule has 4 rings (SSSR count). The second-order valence-corrected chi connectivity index (χ2v) is 7.73. The lowest BCUT2D eigenvalue weighted by molar-refractivity contribution is 0.0487. The Morgan fingerprint density at radius 1 is 1.19 bits per heavy atom. The molecule has 0 spiro atoms. The van der Waals surface area contributed by atoms with E-state index in [4.69, 9.17) is 9.47 Å². The SMILES string of the molecule is CN(C[C@@H]1CCCN2CCCC[C@H]12)C(=O)NCc1ccc2c(c1)OCO2. The number of nitrogens with one attached hydrogen (secondary N) is 1. The summed E-state index contributed by atoms with van der Waals surface area (Å²) in [6.07, 6.45) is 6.44. The van der Waals surface area contributed by atoms with Crippen LogP contribution in [0.2, 0.25) is 0 Å². The molecule has 3 aliphatic rings. The van der Waals surface area contributed by atoms with Crippen molar-refractivity contribution in [2.75, 3.05) is 33.5 Å². The Bertz CT molecular complexity index is 649.